The van der Waals surface area contributed by atoms with Gasteiger partial charge in [0.25, 0.3) is 11.8 Å². The highest BCUT2D eigenvalue weighted by Gasteiger charge is 2.37. The molecule has 1 heterocycles. The van der Waals surface area contributed by atoms with Gasteiger partial charge in [0, 0.05) is 18.6 Å². The lowest BCUT2D eigenvalue weighted by molar-refractivity contribution is -0.134. The molecule has 0 spiro atoms. The molecular weight excluding hydrogens is 340 g/mol. The third-order valence-corrected chi connectivity index (χ3v) is 3.87. The van der Waals surface area contributed by atoms with Crippen molar-refractivity contribution in [1.29, 1.82) is 0 Å². The minimum absolute atomic E-state index is 0.0754. The highest BCUT2D eigenvalue weighted by molar-refractivity contribution is 9.10. The van der Waals surface area contributed by atoms with Crippen LogP contribution in [0.25, 0.3) is 6.08 Å². The molecule has 21 heavy (non-hydrogen) atoms. The minimum Gasteiger partial charge on any atom is -0.497 e. The number of nitrogens with zero attached hydrogens (tertiary/aromatic N) is 2. The number of benzene rings is 1. The first kappa shape index (κ1) is 15.2. The molecule has 6 nitrogen and oxygen atoms in total. The summed E-state index contributed by atoms with van der Waals surface area (Å²) in [5.41, 5.74) is 0.538. The summed E-state index contributed by atoms with van der Waals surface area (Å²) in [5, 5.41) is 0. The number of ether oxygens (including phenoxy) is 1. The number of imide groups is 2. The zero-order valence-electron chi connectivity index (χ0n) is 11.7. The van der Waals surface area contributed by atoms with E-state index in [4.69, 9.17) is 4.74 Å². The van der Waals surface area contributed by atoms with E-state index in [1.807, 2.05) is 0 Å². The van der Waals surface area contributed by atoms with Gasteiger partial charge < -0.3 is 4.74 Å². The summed E-state index contributed by atoms with van der Waals surface area (Å²) in [6, 6.07) is 4.54. The van der Waals surface area contributed by atoms with Gasteiger partial charge in [0.1, 0.15) is 11.3 Å². The van der Waals surface area contributed by atoms with E-state index in [2.05, 4.69) is 15.9 Å². The lowest BCUT2D eigenvalue weighted by atomic mass is 10.1. The predicted octanol–water partition coefficient (Wildman–Crippen LogP) is 1.89. The van der Waals surface area contributed by atoms with Crippen molar-refractivity contribution < 1.29 is 19.1 Å². The first-order valence-electron chi connectivity index (χ1n) is 6.02. The summed E-state index contributed by atoms with van der Waals surface area (Å²) >= 11 is 3.35. The number of likely N-dealkylation sites (N-methyl/N-ethyl adjacent to an activating group) is 2. The Morgan fingerprint density at radius 1 is 1.10 bits per heavy atom. The van der Waals surface area contributed by atoms with Crippen LogP contribution in [0.15, 0.2) is 28.2 Å². The normalized spacial score (nSPS) is 15.6. The second kappa shape index (κ2) is 5.69. The Hall–Kier alpha value is -2.15. The summed E-state index contributed by atoms with van der Waals surface area (Å²) in [7, 11) is 4.20. The Kier molecular flexibility index (Phi) is 4.13. The zero-order chi connectivity index (χ0) is 15.7. The zero-order valence-corrected chi connectivity index (χ0v) is 13.3. The van der Waals surface area contributed by atoms with Crippen molar-refractivity contribution in [2.75, 3.05) is 21.2 Å². The van der Waals surface area contributed by atoms with E-state index < -0.39 is 17.8 Å². The number of methoxy groups -OCH3 is 1. The van der Waals surface area contributed by atoms with Gasteiger partial charge in [-0.3, -0.25) is 19.4 Å². The quantitative estimate of drug-likeness (QED) is 0.602. The van der Waals surface area contributed by atoms with Crippen LogP contribution in [0.3, 0.4) is 0 Å². The lowest BCUT2D eigenvalue weighted by Gasteiger charge is -2.28. The van der Waals surface area contributed by atoms with Crippen LogP contribution in [0.2, 0.25) is 0 Å². The minimum atomic E-state index is -0.646. The summed E-state index contributed by atoms with van der Waals surface area (Å²) in [5.74, 6) is -0.658. The number of carbonyl (C=O) groups is 3. The first-order valence-corrected chi connectivity index (χ1v) is 6.81. The maximum Gasteiger partial charge on any atom is 0.333 e. The molecule has 1 aromatic rings. The lowest BCUT2D eigenvalue weighted by Crippen LogP contribution is -2.52. The van der Waals surface area contributed by atoms with Crippen molar-refractivity contribution in [1.82, 2.24) is 9.80 Å². The number of rotatable bonds is 2. The van der Waals surface area contributed by atoms with Crippen molar-refractivity contribution >= 4 is 39.9 Å². The van der Waals surface area contributed by atoms with E-state index in [1.54, 1.807) is 18.2 Å². The number of halogens is 1. The van der Waals surface area contributed by atoms with Crippen LogP contribution in [0.1, 0.15) is 5.56 Å². The number of urea groups is 1. The third kappa shape index (κ3) is 2.69. The van der Waals surface area contributed by atoms with Crippen LogP contribution in [-0.4, -0.2) is 48.9 Å². The van der Waals surface area contributed by atoms with E-state index in [1.165, 1.54) is 27.3 Å². The molecule has 1 fully saturated rings. The smallest absolute Gasteiger partial charge is 0.333 e. The molecular formula is C14H13BrN2O4. The van der Waals surface area contributed by atoms with Crippen molar-refractivity contribution in [3.8, 4) is 5.75 Å². The Labute approximate surface area is 130 Å². The fourth-order valence-corrected chi connectivity index (χ4v) is 2.25. The number of carbonyl (C=O) groups excluding carboxylic acids is 3. The molecule has 0 N–H and O–H groups in total. The average molecular weight is 353 g/mol. The first-order chi connectivity index (χ1) is 9.86. The van der Waals surface area contributed by atoms with Crippen LogP contribution in [0.5, 0.6) is 5.75 Å². The van der Waals surface area contributed by atoms with Crippen LogP contribution in [-0.2, 0) is 9.59 Å². The van der Waals surface area contributed by atoms with E-state index in [9.17, 15) is 14.4 Å². The Bertz CT molecular complexity index is 643. The molecule has 0 unspecified atom stereocenters. The van der Waals surface area contributed by atoms with Gasteiger partial charge in [0.05, 0.1) is 7.11 Å². The molecule has 0 aliphatic carbocycles. The van der Waals surface area contributed by atoms with Crippen molar-refractivity contribution in [3.63, 3.8) is 0 Å². The standard InChI is InChI=1S/C14H13BrN2O4/c1-16-12(18)10(13(19)17(2)14(16)20)7-8-6-9(21-3)4-5-11(8)15/h4-7H,1-3H3. The van der Waals surface area contributed by atoms with E-state index in [-0.39, 0.29) is 5.57 Å². The number of hydrogen-bond acceptors (Lipinski definition) is 4. The van der Waals surface area contributed by atoms with Crippen molar-refractivity contribution in [2.24, 2.45) is 0 Å². The highest BCUT2D eigenvalue weighted by atomic mass is 79.9. The molecule has 1 aliphatic rings. The molecule has 0 atom stereocenters. The summed E-state index contributed by atoms with van der Waals surface area (Å²) < 4.78 is 5.82. The largest absolute Gasteiger partial charge is 0.497 e. The fraction of sp³-hybridized carbons (Fsp3) is 0.214. The fourth-order valence-electron chi connectivity index (χ4n) is 1.89. The van der Waals surface area contributed by atoms with Crippen molar-refractivity contribution in [2.45, 2.75) is 0 Å². The van der Waals surface area contributed by atoms with Gasteiger partial charge in [-0.15, -0.1) is 0 Å². The molecule has 1 aliphatic heterocycles. The number of hydrogen-bond donors (Lipinski definition) is 0. The van der Waals surface area contributed by atoms with Crippen LogP contribution in [0, 0.1) is 0 Å². The summed E-state index contributed by atoms with van der Waals surface area (Å²) in [6.45, 7) is 0. The predicted molar refractivity (Wildman–Crippen MR) is 79.6 cm³/mol. The molecule has 7 heteroatoms. The summed E-state index contributed by atoms with van der Waals surface area (Å²) in [6.07, 6.45) is 1.44. The van der Waals surface area contributed by atoms with Gasteiger partial charge in [0.15, 0.2) is 0 Å². The van der Waals surface area contributed by atoms with Gasteiger partial charge in [-0.05, 0) is 29.8 Å². The molecule has 4 amide bonds. The van der Waals surface area contributed by atoms with Crippen molar-refractivity contribution in [3.05, 3.63) is 33.8 Å². The molecule has 110 valence electrons. The second-order valence-corrected chi connectivity index (χ2v) is 5.31. The van der Waals surface area contributed by atoms with Gasteiger partial charge >= 0.3 is 6.03 Å². The molecule has 0 radical (unpaired) electrons. The van der Waals surface area contributed by atoms with E-state index in [0.717, 1.165) is 9.80 Å². The topological polar surface area (TPSA) is 66.9 Å². The second-order valence-electron chi connectivity index (χ2n) is 4.46. The molecule has 2 rings (SSSR count). The summed E-state index contributed by atoms with van der Waals surface area (Å²) in [4.78, 5) is 37.7. The number of amides is 4. The van der Waals surface area contributed by atoms with Crippen LogP contribution < -0.4 is 4.74 Å². The molecule has 0 saturated carbocycles. The van der Waals surface area contributed by atoms with E-state index >= 15 is 0 Å². The highest BCUT2D eigenvalue weighted by Crippen LogP contribution is 2.26. The Balaban J connectivity index is 2.51. The maximum atomic E-state index is 12.1. The monoisotopic (exact) mass is 352 g/mol. The molecule has 1 saturated heterocycles. The Morgan fingerprint density at radius 3 is 2.19 bits per heavy atom. The average Bonchev–Trinajstić information content (AvgIpc) is 2.49. The van der Waals surface area contributed by atoms with Gasteiger partial charge in [-0.25, -0.2) is 4.79 Å². The van der Waals surface area contributed by atoms with Crippen LogP contribution >= 0.6 is 15.9 Å². The van der Waals surface area contributed by atoms with Gasteiger partial charge in [-0.1, -0.05) is 15.9 Å². The molecule has 0 aromatic heterocycles. The van der Waals surface area contributed by atoms with Gasteiger partial charge in [0.2, 0.25) is 0 Å². The Morgan fingerprint density at radius 2 is 1.67 bits per heavy atom. The molecule has 0 bridgehead atoms. The third-order valence-electron chi connectivity index (χ3n) is 3.15. The van der Waals surface area contributed by atoms with E-state index in [0.29, 0.717) is 15.8 Å². The maximum absolute atomic E-state index is 12.1. The van der Waals surface area contributed by atoms with Crippen LogP contribution in [0.4, 0.5) is 4.79 Å². The van der Waals surface area contributed by atoms with Gasteiger partial charge in [-0.2, -0.15) is 0 Å². The molecule has 1 aromatic carbocycles. The SMILES string of the molecule is COc1ccc(Br)c(C=C2C(=O)N(C)C(=O)N(C)C2=O)c1. The number of barbiturate groups is 1.